The van der Waals surface area contributed by atoms with E-state index in [1.54, 1.807) is 18.4 Å². The summed E-state index contributed by atoms with van der Waals surface area (Å²) < 4.78 is 10.8. The normalized spacial score (nSPS) is 10.7. The van der Waals surface area contributed by atoms with E-state index in [1.807, 2.05) is 48.5 Å². The Kier molecular flexibility index (Phi) is 4.03. The Morgan fingerprint density at radius 2 is 2.00 bits per heavy atom. The maximum Gasteiger partial charge on any atom is 0.232 e. The molecular weight excluding hydrogens is 278 g/mol. The largest absolute Gasteiger partial charge is 0.467 e. The van der Waals surface area contributed by atoms with Crippen LogP contribution in [0.4, 0.5) is 5.88 Å². The smallest absolute Gasteiger partial charge is 0.232 e. The van der Waals surface area contributed by atoms with Crippen LogP contribution in [-0.4, -0.2) is 4.98 Å². The van der Waals surface area contributed by atoms with Gasteiger partial charge in [0.1, 0.15) is 11.8 Å². The molecule has 5 nitrogen and oxygen atoms in total. The lowest BCUT2D eigenvalue weighted by atomic mass is 10.2. The first-order chi connectivity index (χ1) is 10.8. The fourth-order valence-corrected chi connectivity index (χ4v) is 1.92. The van der Waals surface area contributed by atoms with Gasteiger partial charge >= 0.3 is 0 Å². The summed E-state index contributed by atoms with van der Waals surface area (Å²) >= 11 is 0. The zero-order valence-electron chi connectivity index (χ0n) is 11.7. The van der Waals surface area contributed by atoms with E-state index in [2.05, 4.69) is 10.3 Å². The Balaban J connectivity index is 1.74. The Morgan fingerprint density at radius 3 is 2.73 bits per heavy atom. The summed E-state index contributed by atoms with van der Waals surface area (Å²) in [6.07, 6.45) is 5.20. The summed E-state index contributed by atoms with van der Waals surface area (Å²) in [6, 6.07) is 15.5. The topological polar surface area (TPSA) is 75.0 Å². The predicted octanol–water partition coefficient (Wildman–Crippen LogP) is 3.92. The molecule has 0 radical (unpaired) electrons. The minimum Gasteiger partial charge on any atom is -0.467 e. The van der Waals surface area contributed by atoms with Gasteiger partial charge in [0.25, 0.3) is 0 Å². The van der Waals surface area contributed by atoms with Crippen molar-refractivity contribution in [2.75, 3.05) is 5.32 Å². The van der Waals surface area contributed by atoms with Gasteiger partial charge in [0.05, 0.1) is 12.8 Å². The Morgan fingerprint density at radius 1 is 1.14 bits per heavy atom. The first kappa shape index (κ1) is 13.7. The molecule has 0 atom stereocenters. The van der Waals surface area contributed by atoms with E-state index in [0.717, 1.165) is 11.3 Å². The number of hydrogen-bond donors (Lipinski definition) is 1. The molecule has 3 rings (SSSR count). The average Bonchev–Trinajstić information content (AvgIpc) is 3.21. The van der Waals surface area contributed by atoms with Crippen LogP contribution in [0.2, 0.25) is 0 Å². The van der Waals surface area contributed by atoms with E-state index < -0.39 is 0 Å². The maximum atomic E-state index is 9.11. The summed E-state index contributed by atoms with van der Waals surface area (Å²) in [5.74, 6) is 1.47. The maximum absolute atomic E-state index is 9.11. The molecule has 0 unspecified atom stereocenters. The zero-order chi connectivity index (χ0) is 15.2. The number of anilines is 1. The first-order valence-corrected chi connectivity index (χ1v) is 6.75. The number of nitrogens with zero attached hydrogens (tertiary/aromatic N) is 2. The van der Waals surface area contributed by atoms with E-state index >= 15 is 0 Å². The highest BCUT2D eigenvalue weighted by atomic mass is 16.4. The highest BCUT2D eigenvalue weighted by Crippen LogP contribution is 2.19. The van der Waals surface area contributed by atoms with Crippen LogP contribution < -0.4 is 5.32 Å². The summed E-state index contributed by atoms with van der Waals surface area (Å²) in [5, 5.41) is 12.1. The molecule has 0 spiro atoms. The van der Waals surface area contributed by atoms with Crippen LogP contribution in [0.15, 0.2) is 57.6 Å². The molecule has 0 amide bonds. The third-order valence-electron chi connectivity index (χ3n) is 2.97. The molecule has 2 heterocycles. The minimum absolute atomic E-state index is 0.222. The standard InChI is InChI=1S/C17H13N3O2/c18-11-15-17(19-12-14-7-4-10-21-14)22-16(20-15)9-8-13-5-2-1-3-6-13/h1-10,19H,12H2. The molecule has 2 aromatic heterocycles. The van der Waals surface area contributed by atoms with Crippen LogP contribution in [0.25, 0.3) is 12.2 Å². The molecule has 3 aromatic rings. The molecule has 0 bridgehead atoms. The predicted molar refractivity (Wildman–Crippen MR) is 82.6 cm³/mol. The van der Waals surface area contributed by atoms with Crippen molar-refractivity contribution in [2.24, 2.45) is 0 Å². The fraction of sp³-hybridized carbons (Fsp3) is 0.0588. The van der Waals surface area contributed by atoms with Crippen molar-refractivity contribution >= 4 is 18.0 Å². The number of benzene rings is 1. The highest BCUT2D eigenvalue weighted by molar-refractivity contribution is 5.67. The molecule has 1 aromatic carbocycles. The van der Waals surface area contributed by atoms with E-state index in [-0.39, 0.29) is 5.69 Å². The van der Waals surface area contributed by atoms with E-state index in [1.165, 1.54) is 0 Å². The van der Waals surface area contributed by atoms with Crippen molar-refractivity contribution in [1.29, 1.82) is 5.26 Å². The van der Waals surface area contributed by atoms with Crippen LogP contribution in [0, 0.1) is 11.3 Å². The molecule has 22 heavy (non-hydrogen) atoms. The van der Waals surface area contributed by atoms with Gasteiger partial charge < -0.3 is 14.2 Å². The van der Waals surface area contributed by atoms with Crippen molar-refractivity contribution in [1.82, 2.24) is 4.98 Å². The van der Waals surface area contributed by atoms with Gasteiger partial charge in [0, 0.05) is 6.08 Å². The molecule has 1 N–H and O–H groups in total. The Labute approximate surface area is 127 Å². The van der Waals surface area contributed by atoms with Crippen molar-refractivity contribution in [3.05, 3.63) is 71.6 Å². The van der Waals surface area contributed by atoms with Crippen LogP contribution in [-0.2, 0) is 6.54 Å². The van der Waals surface area contributed by atoms with Gasteiger partial charge in [-0.3, -0.25) is 0 Å². The number of hydrogen-bond acceptors (Lipinski definition) is 5. The highest BCUT2D eigenvalue weighted by Gasteiger charge is 2.11. The van der Waals surface area contributed by atoms with Gasteiger partial charge in [0.15, 0.2) is 0 Å². The second-order valence-corrected chi connectivity index (χ2v) is 4.52. The lowest BCUT2D eigenvalue weighted by molar-refractivity contribution is 0.509. The van der Waals surface area contributed by atoms with Crippen molar-refractivity contribution in [3.63, 3.8) is 0 Å². The quantitative estimate of drug-likeness (QED) is 0.771. The molecule has 0 saturated carbocycles. The van der Waals surface area contributed by atoms with Gasteiger partial charge in [0.2, 0.25) is 17.5 Å². The minimum atomic E-state index is 0.222. The second-order valence-electron chi connectivity index (χ2n) is 4.52. The Hall–Kier alpha value is -3.26. The number of nitriles is 1. The van der Waals surface area contributed by atoms with Crippen molar-refractivity contribution < 1.29 is 8.83 Å². The number of furan rings is 1. The molecular formula is C17H13N3O2. The molecule has 108 valence electrons. The van der Waals surface area contributed by atoms with Crippen molar-refractivity contribution in [3.8, 4) is 6.07 Å². The molecule has 0 fully saturated rings. The molecule has 5 heteroatoms. The number of aromatic nitrogens is 1. The number of nitrogens with one attached hydrogen (secondary N) is 1. The lowest BCUT2D eigenvalue weighted by Gasteiger charge is -1.98. The van der Waals surface area contributed by atoms with Crippen LogP contribution in [0.1, 0.15) is 22.9 Å². The summed E-state index contributed by atoms with van der Waals surface area (Å²) in [7, 11) is 0. The molecule has 0 aliphatic carbocycles. The SMILES string of the molecule is N#Cc1nc(C=Cc2ccccc2)oc1NCc1ccco1. The van der Waals surface area contributed by atoms with Gasteiger partial charge in [-0.15, -0.1) is 0 Å². The third-order valence-corrected chi connectivity index (χ3v) is 2.97. The fourth-order valence-electron chi connectivity index (χ4n) is 1.92. The van der Waals surface area contributed by atoms with Gasteiger partial charge in [-0.2, -0.15) is 10.2 Å². The zero-order valence-corrected chi connectivity index (χ0v) is 11.7. The van der Waals surface area contributed by atoms with Crippen LogP contribution in [0.3, 0.4) is 0 Å². The van der Waals surface area contributed by atoms with Gasteiger partial charge in [-0.25, -0.2) is 0 Å². The van der Waals surface area contributed by atoms with Crippen LogP contribution >= 0.6 is 0 Å². The van der Waals surface area contributed by atoms with Gasteiger partial charge in [-0.1, -0.05) is 30.3 Å². The van der Waals surface area contributed by atoms with E-state index in [0.29, 0.717) is 18.3 Å². The van der Waals surface area contributed by atoms with E-state index in [9.17, 15) is 0 Å². The Bertz CT molecular complexity index is 796. The van der Waals surface area contributed by atoms with E-state index in [4.69, 9.17) is 14.1 Å². The first-order valence-electron chi connectivity index (χ1n) is 6.75. The molecule has 0 saturated heterocycles. The summed E-state index contributed by atoms with van der Waals surface area (Å²) in [5.41, 5.74) is 1.25. The third kappa shape index (κ3) is 3.25. The van der Waals surface area contributed by atoms with Gasteiger partial charge in [-0.05, 0) is 23.8 Å². The monoisotopic (exact) mass is 291 g/mol. The number of rotatable bonds is 5. The summed E-state index contributed by atoms with van der Waals surface area (Å²) in [6.45, 7) is 0.429. The van der Waals surface area contributed by atoms with Crippen molar-refractivity contribution in [2.45, 2.75) is 6.54 Å². The average molecular weight is 291 g/mol. The number of oxazole rings is 1. The molecule has 0 aliphatic rings. The second kappa shape index (κ2) is 6.46. The molecule has 0 aliphatic heterocycles. The summed E-state index contributed by atoms with van der Waals surface area (Å²) in [4.78, 5) is 4.14. The lowest BCUT2D eigenvalue weighted by Crippen LogP contribution is -1.98. The van der Waals surface area contributed by atoms with Crippen LogP contribution in [0.5, 0.6) is 0 Å².